The van der Waals surface area contributed by atoms with E-state index in [4.69, 9.17) is 16.3 Å². The molecule has 3 aromatic rings. The fourth-order valence-electron chi connectivity index (χ4n) is 2.80. The van der Waals surface area contributed by atoms with Crippen LogP contribution in [0.25, 0.3) is 0 Å². The molecule has 0 radical (unpaired) electrons. The highest BCUT2D eigenvalue weighted by molar-refractivity contribution is 6.30. The van der Waals surface area contributed by atoms with Gasteiger partial charge < -0.3 is 10.1 Å². The first-order chi connectivity index (χ1) is 16.2. The number of anilines is 1. The highest BCUT2D eigenvalue weighted by Gasteiger charge is 2.24. The number of halogens is 1. The number of nitrogens with one attached hydrogen (secondary N) is 1. The molecule has 0 fully saturated rings. The quantitative estimate of drug-likeness (QED) is 0.213. The molecule has 3 aromatic carbocycles. The normalized spacial score (nSPS) is 10.3. The smallest absolute Gasteiger partial charge is 0.338 e. The standard InChI is InChI=1S/C22H14ClN3O8/c23-15-5-1-13(2-6-15)20(27)12-34-22(29)14-3-7-16(8-4-14)24-21(28)18-10-9-17(25(30)31)11-19(18)26(32)33/h1-11H,12H2,(H,24,28). The maximum atomic E-state index is 12.4. The molecular formula is C22H14ClN3O8. The molecule has 0 saturated carbocycles. The van der Waals surface area contributed by atoms with E-state index in [0.717, 1.165) is 12.1 Å². The number of carbonyl (C=O) groups is 3. The Morgan fingerprint density at radius 2 is 1.47 bits per heavy atom. The number of carbonyl (C=O) groups excluding carboxylic acids is 3. The van der Waals surface area contributed by atoms with Crippen LogP contribution in [0.1, 0.15) is 31.1 Å². The van der Waals surface area contributed by atoms with Gasteiger partial charge in [-0.05, 0) is 54.6 Å². The molecule has 0 aliphatic rings. The summed E-state index contributed by atoms with van der Waals surface area (Å²) in [4.78, 5) is 57.0. The molecule has 0 spiro atoms. The summed E-state index contributed by atoms with van der Waals surface area (Å²) in [7, 11) is 0. The SMILES string of the molecule is O=C(COC(=O)c1ccc(NC(=O)c2ccc([N+](=O)[O-])cc2[N+](=O)[O-])cc1)c1ccc(Cl)cc1. The highest BCUT2D eigenvalue weighted by Crippen LogP contribution is 2.25. The number of benzene rings is 3. The first kappa shape index (κ1) is 24.0. The second-order valence-electron chi connectivity index (χ2n) is 6.75. The van der Waals surface area contributed by atoms with Crippen LogP contribution in [-0.2, 0) is 4.74 Å². The van der Waals surface area contributed by atoms with E-state index in [2.05, 4.69) is 5.32 Å². The molecule has 1 N–H and O–H groups in total. The molecule has 0 unspecified atom stereocenters. The molecule has 0 atom stereocenters. The predicted molar refractivity (Wildman–Crippen MR) is 120 cm³/mol. The van der Waals surface area contributed by atoms with E-state index in [1.807, 2.05) is 0 Å². The lowest BCUT2D eigenvalue weighted by Crippen LogP contribution is -2.15. The Kier molecular flexibility index (Phi) is 7.29. The Bertz CT molecular complexity index is 1290. The molecule has 0 aliphatic heterocycles. The summed E-state index contributed by atoms with van der Waals surface area (Å²) in [5.74, 6) is -2.06. The van der Waals surface area contributed by atoms with Crippen molar-refractivity contribution >= 4 is 46.3 Å². The number of Topliss-reactive ketones (excluding diaryl/α,β-unsaturated/α-hetero) is 1. The van der Waals surface area contributed by atoms with Gasteiger partial charge in [0.2, 0.25) is 0 Å². The largest absolute Gasteiger partial charge is 0.454 e. The molecule has 11 nitrogen and oxygen atoms in total. The Hall–Kier alpha value is -4.64. The Balaban J connectivity index is 1.64. The zero-order valence-electron chi connectivity index (χ0n) is 17.1. The molecule has 3 rings (SSSR count). The van der Waals surface area contributed by atoms with Gasteiger partial charge in [0.15, 0.2) is 12.4 Å². The van der Waals surface area contributed by atoms with Gasteiger partial charge in [-0.15, -0.1) is 0 Å². The molecule has 0 heterocycles. The Labute approximate surface area is 196 Å². The van der Waals surface area contributed by atoms with E-state index < -0.39 is 45.5 Å². The van der Waals surface area contributed by atoms with Crippen molar-refractivity contribution in [2.75, 3.05) is 11.9 Å². The third-order valence-corrected chi connectivity index (χ3v) is 4.76. The number of nitrogens with zero attached hydrogens (tertiary/aromatic N) is 2. The number of ketones is 1. The predicted octanol–water partition coefficient (Wildman–Crippen LogP) is 4.45. The molecule has 34 heavy (non-hydrogen) atoms. The van der Waals surface area contributed by atoms with E-state index in [-0.39, 0.29) is 16.8 Å². The van der Waals surface area contributed by atoms with Gasteiger partial charge in [-0.25, -0.2) is 4.79 Å². The summed E-state index contributed by atoms with van der Waals surface area (Å²) in [6, 6.07) is 14.1. The van der Waals surface area contributed by atoms with Gasteiger partial charge in [-0.3, -0.25) is 29.8 Å². The van der Waals surface area contributed by atoms with Gasteiger partial charge in [0.05, 0.1) is 21.5 Å². The number of ether oxygens (including phenoxy) is 1. The third kappa shape index (κ3) is 5.78. The minimum absolute atomic E-state index is 0.100. The summed E-state index contributed by atoms with van der Waals surface area (Å²) >= 11 is 5.76. The zero-order chi connectivity index (χ0) is 24.8. The number of hydrogen-bond donors (Lipinski definition) is 1. The van der Waals surface area contributed by atoms with E-state index in [9.17, 15) is 34.6 Å². The third-order valence-electron chi connectivity index (χ3n) is 4.51. The van der Waals surface area contributed by atoms with Crippen molar-refractivity contribution in [2.24, 2.45) is 0 Å². The molecule has 0 saturated heterocycles. The monoisotopic (exact) mass is 483 g/mol. The summed E-state index contributed by atoms with van der Waals surface area (Å²) in [6.45, 7) is -0.483. The molecule has 1 amide bonds. The summed E-state index contributed by atoms with van der Waals surface area (Å²) in [5, 5.41) is 24.9. The van der Waals surface area contributed by atoms with E-state index in [1.54, 1.807) is 0 Å². The van der Waals surface area contributed by atoms with Crippen LogP contribution in [0.4, 0.5) is 17.1 Å². The molecule has 172 valence electrons. The van der Waals surface area contributed by atoms with Crippen LogP contribution >= 0.6 is 11.6 Å². The van der Waals surface area contributed by atoms with Crippen LogP contribution in [0.2, 0.25) is 5.02 Å². The Morgan fingerprint density at radius 3 is 2.06 bits per heavy atom. The molecule has 0 bridgehead atoms. The van der Waals surface area contributed by atoms with E-state index in [0.29, 0.717) is 16.7 Å². The zero-order valence-corrected chi connectivity index (χ0v) is 17.9. The van der Waals surface area contributed by atoms with E-state index >= 15 is 0 Å². The van der Waals surface area contributed by atoms with Crippen molar-refractivity contribution in [2.45, 2.75) is 0 Å². The maximum absolute atomic E-state index is 12.4. The van der Waals surface area contributed by atoms with Crippen LogP contribution in [-0.4, -0.2) is 34.1 Å². The van der Waals surface area contributed by atoms with Crippen molar-refractivity contribution in [1.82, 2.24) is 0 Å². The van der Waals surface area contributed by atoms with Crippen LogP contribution in [0.5, 0.6) is 0 Å². The van der Waals surface area contributed by atoms with Crippen LogP contribution in [0.15, 0.2) is 66.7 Å². The van der Waals surface area contributed by atoms with Crippen molar-refractivity contribution in [3.05, 3.63) is 109 Å². The number of nitro groups is 2. The average molecular weight is 484 g/mol. The van der Waals surface area contributed by atoms with Crippen LogP contribution in [0, 0.1) is 20.2 Å². The summed E-state index contributed by atoms with van der Waals surface area (Å²) in [5.41, 5.74) is -0.997. The topological polar surface area (TPSA) is 159 Å². The highest BCUT2D eigenvalue weighted by atomic mass is 35.5. The van der Waals surface area contributed by atoms with Crippen LogP contribution in [0.3, 0.4) is 0 Å². The second-order valence-corrected chi connectivity index (χ2v) is 7.19. The second kappa shape index (κ2) is 10.3. The fraction of sp³-hybridized carbons (Fsp3) is 0.0455. The maximum Gasteiger partial charge on any atom is 0.338 e. The van der Waals surface area contributed by atoms with Gasteiger partial charge in [0.1, 0.15) is 5.56 Å². The van der Waals surface area contributed by atoms with Crippen molar-refractivity contribution in [3.63, 3.8) is 0 Å². The lowest BCUT2D eigenvalue weighted by molar-refractivity contribution is -0.394. The van der Waals surface area contributed by atoms with Crippen LogP contribution < -0.4 is 5.32 Å². The molecular weight excluding hydrogens is 470 g/mol. The van der Waals surface area contributed by atoms with Crippen molar-refractivity contribution in [3.8, 4) is 0 Å². The first-order valence-corrected chi connectivity index (χ1v) is 9.83. The molecule has 12 heteroatoms. The lowest BCUT2D eigenvalue weighted by atomic mass is 10.1. The minimum atomic E-state index is -0.896. The number of nitro benzene ring substituents is 2. The van der Waals surface area contributed by atoms with Gasteiger partial charge >= 0.3 is 5.97 Å². The molecule has 0 aliphatic carbocycles. The number of hydrogen-bond acceptors (Lipinski definition) is 8. The van der Waals surface area contributed by atoms with Crippen molar-refractivity contribution in [1.29, 1.82) is 0 Å². The number of non-ortho nitro benzene ring substituents is 1. The lowest BCUT2D eigenvalue weighted by Gasteiger charge is -2.08. The number of amides is 1. The van der Waals surface area contributed by atoms with E-state index in [1.165, 1.54) is 48.5 Å². The average Bonchev–Trinajstić information content (AvgIpc) is 2.82. The van der Waals surface area contributed by atoms with Gasteiger partial charge in [-0.2, -0.15) is 0 Å². The van der Waals surface area contributed by atoms with Gasteiger partial charge in [0, 0.05) is 22.3 Å². The van der Waals surface area contributed by atoms with Crippen molar-refractivity contribution < 1.29 is 29.0 Å². The number of esters is 1. The van der Waals surface area contributed by atoms with Gasteiger partial charge in [-0.1, -0.05) is 11.6 Å². The summed E-state index contributed by atoms with van der Waals surface area (Å²) < 4.78 is 5.00. The fourth-order valence-corrected chi connectivity index (χ4v) is 2.92. The Morgan fingerprint density at radius 1 is 0.853 bits per heavy atom. The minimum Gasteiger partial charge on any atom is -0.454 e. The number of rotatable bonds is 8. The molecule has 0 aromatic heterocycles. The van der Waals surface area contributed by atoms with Gasteiger partial charge in [0.25, 0.3) is 17.3 Å². The summed E-state index contributed by atoms with van der Waals surface area (Å²) in [6.07, 6.45) is 0. The first-order valence-electron chi connectivity index (χ1n) is 9.46.